The van der Waals surface area contributed by atoms with E-state index in [-0.39, 0.29) is 5.56 Å². The molecule has 1 rings (SSSR count). The van der Waals surface area contributed by atoms with Crippen molar-refractivity contribution in [3.05, 3.63) is 30.1 Å². The van der Waals surface area contributed by atoms with Gasteiger partial charge < -0.3 is 4.74 Å². The number of aromatic nitrogens is 1. The van der Waals surface area contributed by atoms with Crippen molar-refractivity contribution < 1.29 is 13.5 Å². The van der Waals surface area contributed by atoms with E-state index in [0.717, 1.165) is 6.20 Å². The van der Waals surface area contributed by atoms with Crippen LogP contribution in [0.25, 0.3) is 0 Å². The van der Waals surface area contributed by atoms with Crippen LogP contribution in [0.5, 0.6) is 0 Å². The molecule has 0 radical (unpaired) electrons. The molecule has 0 aliphatic rings. The Morgan fingerprint density at radius 1 is 1.57 bits per heavy atom. The van der Waals surface area contributed by atoms with Crippen molar-refractivity contribution >= 4 is 0 Å². The van der Waals surface area contributed by atoms with Crippen LogP contribution in [-0.4, -0.2) is 11.1 Å². The highest BCUT2D eigenvalue weighted by molar-refractivity contribution is 5.12. The molecule has 0 saturated heterocycles. The molecule has 4 heteroatoms. The maximum atomic E-state index is 13.3. The average Bonchev–Trinajstić information content (AvgIpc) is 2.18. The van der Waals surface area contributed by atoms with E-state index < -0.39 is 12.2 Å². The van der Waals surface area contributed by atoms with Crippen LogP contribution >= 0.6 is 0 Å². The highest BCUT2D eigenvalue weighted by Gasteiger charge is 2.34. The number of nitrogens with zero attached hydrogens (tertiary/aromatic N) is 1. The van der Waals surface area contributed by atoms with E-state index in [1.54, 1.807) is 13.8 Å². The number of pyridine rings is 1. The number of alkyl halides is 2. The number of ether oxygens (including phenoxy) is 1. The van der Waals surface area contributed by atoms with Crippen LogP contribution in [0.1, 0.15) is 25.8 Å². The van der Waals surface area contributed by atoms with E-state index in [1.165, 1.54) is 18.3 Å². The molecule has 0 N–H and O–H groups in total. The second-order valence-corrected chi connectivity index (χ2v) is 3.10. The van der Waals surface area contributed by atoms with E-state index in [2.05, 4.69) is 9.72 Å². The van der Waals surface area contributed by atoms with E-state index in [0.29, 0.717) is 6.42 Å². The first-order valence-corrected chi connectivity index (χ1v) is 4.52. The minimum absolute atomic E-state index is 0.208. The highest BCUT2D eigenvalue weighted by Crippen LogP contribution is 2.30. The second kappa shape index (κ2) is 4.46. The number of hydrogen-bond donors (Lipinski definition) is 0. The van der Waals surface area contributed by atoms with Crippen LogP contribution in [0.15, 0.2) is 24.5 Å². The molecule has 1 heterocycles. The Balaban J connectivity index is 2.75. The van der Waals surface area contributed by atoms with Gasteiger partial charge in [0.2, 0.25) is 0 Å². The molecule has 78 valence electrons. The standard InChI is InChI=1S/C10H13F2NO/c1-3-8(2)14-10(11,12)9-5-4-6-13-7-9/h4-8H,3H2,1-2H3. The molecular formula is C10H13F2NO. The third kappa shape index (κ3) is 2.73. The van der Waals surface area contributed by atoms with Gasteiger partial charge in [-0.1, -0.05) is 6.92 Å². The molecule has 1 aromatic heterocycles. The summed E-state index contributed by atoms with van der Waals surface area (Å²) in [7, 11) is 0. The summed E-state index contributed by atoms with van der Waals surface area (Å²) in [6.07, 6.45) is -0.602. The predicted octanol–water partition coefficient (Wildman–Crippen LogP) is 2.95. The van der Waals surface area contributed by atoms with Crippen molar-refractivity contribution in [3.8, 4) is 0 Å². The van der Waals surface area contributed by atoms with Gasteiger partial charge in [-0.25, -0.2) is 0 Å². The molecule has 0 saturated carbocycles. The zero-order chi connectivity index (χ0) is 10.6. The van der Waals surface area contributed by atoms with Crippen LogP contribution in [0.3, 0.4) is 0 Å². The lowest BCUT2D eigenvalue weighted by molar-refractivity contribution is -0.270. The molecule has 2 nitrogen and oxygen atoms in total. The Morgan fingerprint density at radius 2 is 2.29 bits per heavy atom. The van der Waals surface area contributed by atoms with E-state index in [9.17, 15) is 8.78 Å². The first kappa shape index (κ1) is 11.0. The van der Waals surface area contributed by atoms with E-state index in [1.807, 2.05) is 0 Å². The SMILES string of the molecule is CCC(C)OC(F)(F)c1cccnc1. The van der Waals surface area contributed by atoms with Crippen LogP contribution in [-0.2, 0) is 10.8 Å². The van der Waals surface area contributed by atoms with Gasteiger partial charge in [-0.15, -0.1) is 0 Å². The van der Waals surface area contributed by atoms with Crippen LogP contribution in [0.2, 0.25) is 0 Å². The minimum Gasteiger partial charge on any atom is -0.313 e. The maximum Gasteiger partial charge on any atom is 0.385 e. The molecule has 0 amide bonds. The Kier molecular flexibility index (Phi) is 3.52. The maximum absolute atomic E-state index is 13.3. The Hall–Kier alpha value is -1.03. The molecular weight excluding hydrogens is 188 g/mol. The quantitative estimate of drug-likeness (QED) is 0.747. The summed E-state index contributed by atoms with van der Waals surface area (Å²) >= 11 is 0. The number of rotatable bonds is 4. The van der Waals surface area contributed by atoms with Crippen molar-refractivity contribution in [1.82, 2.24) is 4.98 Å². The monoisotopic (exact) mass is 201 g/mol. The lowest BCUT2D eigenvalue weighted by atomic mass is 10.2. The van der Waals surface area contributed by atoms with Gasteiger partial charge >= 0.3 is 6.11 Å². The van der Waals surface area contributed by atoms with E-state index >= 15 is 0 Å². The summed E-state index contributed by atoms with van der Waals surface area (Å²) in [6.45, 7) is 3.41. The molecule has 0 aliphatic carbocycles. The van der Waals surface area contributed by atoms with Gasteiger partial charge in [-0.2, -0.15) is 8.78 Å². The fraction of sp³-hybridized carbons (Fsp3) is 0.500. The van der Waals surface area contributed by atoms with Crippen molar-refractivity contribution in [1.29, 1.82) is 0 Å². The van der Waals surface area contributed by atoms with Crippen LogP contribution in [0.4, 0.5) is 8.78 Å². The molecule has 1 unspecified atom stereocenters. The van der Waals surface area contributed by atoms with Crippen molar-refractivity contribution in [2.45, 2.75) is 32.5 Å². The Labute approximate surface area is 81.9 Å². The summed E-state index contributed by atoms with van der Waals surface area (Å²) in [5, 5.41) is 0. The van der Waals surface area contributed by atoms with Crippen molar-refractivity contribution in [3.63, 3.8) is 0 Å². The molecule has 1 atom stereocenters. The number of hydrogen-bond acceptors (Lipinski definition) is 2. The summed E-state index contributed by atoms with van der Waals surface area (Å²) < 4.78 is 31.3. The largest absolute Gasteiger partial charge is 0.385 e. The van der Waals surface area contributed by atoms with Crippen molar-refractivity contribution in [2.75, 3.05) is 0 Å². The molecule has 0 aliphatic heterocycles. The first-order chi connectivity index (χ1) is 6.56. The zero-order valence-corrected chi connectivity index (χ0v) is 8.21. The topological polar surface area (TPSA) is 22.1 Å². The van der Waals surface area contributed by atoms with E-state index in [4.69, 9.17) is 0 Å². The lowest BCUT2D eigenvalue weighted by Crippen LogP contribution is -2.23. The normalized spacial score (nSPS) is 14.0. The summed E-state index contributed by atoms with van der Waals surface area (Å²) in [5.41, 5.74) is -0.208. The smallest absolute Gasteiger partial charge is 0.313 e. The lowest BCUT2D eigenvalue weighted by Gasteiger charge is -2.20. The molecule has 1 aromatic rings. The third-order valence-electron chi connectivity index (χ3n) is 1.92. The van der Waals surface area contributed by atoms with Crippen molar-refractivity contribution in [2.24, 2.45) is 0 Å². The third-order valence-corrected chi connectivity index (χ3v) is 1.92. The van der Waals surface area contributed by atoms with Gasteiger partial charge in [-0.3, -0.25) is 4.98 Å². The Bertz CT molecular complexity index is 277. The molecule has 0 fully saturated rings. The van der Waals surface area contributed by atoms with Gasteiger partial charge in [0.15, 0.2) is 0 Å². The summed E-state index contributed by atoms with van der Waals surface area (Å²) in [4.78, 5) is 3.62. The molecule has 0 aromatic carbocycles. The summed E-state index contributed by atoms with van der Waals surface area (Å²) in [5.74, 6) is 0. The first-order valence-electron chi connectivity index (χ1n) is 4.52. The predicted molar refractivity (Wildman–Crippen MR) is 49.0 cm³/mol. The fourth-order valence-electron chi connectivity index (χ4n) is 0.939. The van der Waals surface area contributed by atoms with Gasteiger partial charge in [0, 0.05) is 12.4 Å². The van der Waals surface area contributed by atoms with Gasteiger partial charge in [-0.05, 0) is 25.5 Å². The Morgan fingerprint density at radius 3 is 2.79 bits per heavy atom. The fourth-order valence-corrected chi connectivity index (χ4v) is 0.939. The van der Waals surface area contributed by atoms with Gasteiger partial charge in [0.05, 0.1) is 11.7 Å². The number of halogens is 2. The second-order valence-electron chi connectivity index (χ2n) is 3.10. The van der Waals surface area contributed by atoms with Gasteiger partial charge in [0.1, 0.15) is 0 Å². The van der Waals surface area contributed by atoms with Crippen LogP contribution in [0, 0.1) is 0 Å². The van der Waals surface area contributed by atoms with Gasteiger partial charge in [0.25, 0.3) is 0 Å². The molecule has 14 heavy (non-hydrogen) atoms. The highest BCUT2D eigenvalue weighted by atomic mass is 19.3. The minimum atomic E-state index is -3.25. The van der Waals surface area contributed by atoms with Crippen LogP contribution < -0.4 is 0 Å². The molecule has 0 spiro atoms. The average molecular weight is 201 g/mol. The molecule has 0 bridgehead atoms. The summed E-state index contributed by atoms with van der Waals surface area (Å²) in [6, 6.07) is 2.76. The zero-order valence-electron chi connectivity index (χ0n) is 8.21.